The highest BCUT2D eigenvalue weighted by molar-refractivity contribution is 5.85. The van der Waals surface area contributed by atoms with E-state index in [2.05, 4.69) is 0 Å². The van der Waals surface area contributed by atoms with Gasteiger partial charge in [-0.2, -0.15) is 52.7 Å². The van der Waals surface area contributed by atoms with Gasteiger partial charge in [-0.05, 0) is 132 Å². The average molecular weight is 747 g/mol. The maximum atomic E-state index is 13.7. The zero-order chi connectivity index (χ0) is 38.0. The number of halogens is 12. The monoisotopic (exact) mass is 746 g/mol. The van der Waals surface area contributed by atoms with Crippen LogP contribution >= 0.6 is 0 Å². The van der Waals surface area contributed by atoms with E-state index in [1.165, 1.54) is 12.1 Å². The summed E-state index contributed by atoms with van der Waals surface area (Å²) in [5.41, 5.74) is -4.22. The molecule has 0 radical (unpaired) electrons. The topological polar surface area (TPSA) is 40.5 Å². The number of phenols is 2. The van der Waals surface area contributed by atoms with Gasteiger partial charge in [-0.25, -0.2) is 0 Å². The van der Waals surface area contributed by atoms with Crippen molar-refractivity contribution in [3.63, 3.8) is 0 Å². The van der Waals surface area contributed by atoms with Gasteiger partial charge in [-0.15, -0.1) is 0 Å². The van der Waals surface area contributed by atoms with Crippen LogP contribution in [0.2, 0.25) is 0 Å². The molecule has 0 spiro atoms. The Morgan fingerprint density at radius 3 is 0.981 bits per heavy atom. The lowest BCUT2D eigenvalue weighted by atomic mass is 9.77. The summed E-state index contributed by atoms with van der Waals surface area (Å²) in [7, 11) is 0. The highest BCUT2D eigenvalue weighted by Gasteiger charge is 2.39. The summed E-state index contributed by atoms with van der Waals surface area (Å²) in [5.74, 6) is -0.990. The van der Waals surface area contributed by atoms with Crippen LogP contribution in [0.4, 0.5) is 52.7 Å². The summed E-state index contributed by atoms with van der Waals surface area (Å²) in [6, 6.07) is 5.32. The largest absolute Gasteiger partial charge is 0.507 e. The first-order valence-electron chi connectivity index (χ1n) is 16.4. The second-order valence-electron chi connectivity index (χ2n) is 13.4. The van der Waals surface area contributed by atoms with Crippen molar-refractivity contribution in [1.82, 2.24) is 0 Å². The minimum atomic E-state index is -5.11. The fourth-order valence-corrected chi connectivity index (χ4v) is 7.40. The summed E-state index contributed by atoms with van der Waals surface area (Å²) < 4.78 is 164. The van der Waals surface area contributed by atoms with Gasteiger partial charge >= 0.3 is 24.7 Å². The lowest BCUT2D eigenvalue weighted by Gasteiger charge is -2.28. The molecular formula is C38H30F12O2. The van der Waals surface area contributed by atoms with Crippen LogP contribution in [-0.2, 0) is 63.2 Å². The lowest BCUT2D eigenvalue weighted by Crippen LogP contribution is -2.13. The fourth-order valence-electron chi connectivity index (χ4n) is 7.40. The molecule has 0 saturated heterocycles. The van der Waals surface area contributed by atoms with E-state index in [9.17, 15) is 62.9 Å². The Kier molecular flexibility index (Phi) is 9.53. The predicted octanol–water partition coefficient (Wildman–Crippen LogP) is 11.8. The Balaban J connectivity index is 1.55. The van der Waals surface area contributed by atoms with Crippen molar-refractivity contribution in [2.24, 2.45) is 0 Å². The smallest absolute Gasteiger partial charge is 0.416 e. The first-order chi connectivity index (χ1) is 24.1. The van der Waals surface area contributed by atoms with E-state index in [1.54, 1.807) is 0 Å². The zero-order valence-corrected chi connectivity index (χ0v) is 27.1. The number of fused-ring (bicyclic) bond motifs is 2. The van der Waals surface area contributed by atoms with Crippen molar-refractivity contribution >= 4 is 0 Å². The third-order valence-electron chi connectivity index (χ3n) is 9.74. The number of phenolic OH excluding ortho intramolecular Hbond substituents is 2. The summed E-state index contributed by atoms with van der Waals surface area (Å²) in [5, 5.41) is 23.7. The number of aromatic hydroxyl groups is 2. The van der Waals surface area contributed by atoms with Gasteiger partial charge in [0.05, 0.1) is 22.3 Å². The predicted molar refractivity (Wildman–Crippen MR) is 167 cm³/mol. The highest BCUT2D eigenvalue weighted by atomic mass is 19.4. The normalized spacial score (nSPS) is 15.4. The molecule has 0 bridgehead atoms. The third kappa shape index (κ3) is 7.57. The summed E-state index contributed by atoms with van der Waals surface area (Å²) in [4.78, 5) is 0. The molecule has 14 heteroatoms. The Labute approximate surface area is 289 Å². The van der Waals surface area contributed by atoms with Crippen molar-refractivity contribution in [2.45, 2.75) is 88.9 Å². The van der Waals surface area contributed by atoms with E-state index in [0.29, 0.717) is 97.9 Å². The fraction of sp³-hybridized carbons (Fsp3) is 0.368. The molecule has 0 aromatic heterocycles. The molecule has 0 atom stereocenters. The molecule has 52 heavy (non-hydrogen) atoms. The van der Waals surface area contributed by atoms with E-state index >= 15 is 0 Å². The quantitative estimate of drug-likeness (QED) is 0.200. The Morgan fingerprint density at radius 1 is 0.404 bits per heavy atom. The SMILES string of the molecule is Oc1c(Cc2cc(C(F)(F)F)cc(C(F)(F)F)c2)cc2c(c1-c1c(O)c(Cc3cc(C(F)(F)F)cc(C(F)(F)F)c3)cc3c1CCCC3)CCCC2. The van der Waals surface area contributed by atoms with Crippen molar-refractivity contribution in [3.8, 4) is 22.6 Å². The molecule has 2 N–H and O–H groups in total. The van der Waals surface area contributed by atoms with Crippen LogP contribution in [0, 0.1) is 0 Å². The molecular weight excluding hydrogens is 716 g/mol. The van der Waals surface area contributed by atoms with Crippen molar-refractivity contribution in [3.05, 3.63) is 115 Å². The van der Waals surface area contributed by atoms with Gasteiger partial charge in [0.25, 0.3) is 0 Å². The molecule has 2 nitrogen and oxygen atoms in total. The maximum Gasteiger partial charge on any atom is 0.416 e. The molecule has 2 aliphatic rings. The van der Waals surface area contributed by atoms with Gasteiger partial charge in [0.1, 0.15) is 11.5 Å². The van der Waals surface area contributed by atoms with Gasteiger partial charge in [0.15, 0.2) is 0 Å². The second-order valence-corrected chi connectivity index (χ2v) is 13.4. The van der Waals surface area contributed by atoms with Crippen LogP contribution in [0.3, 0.4) is 0 Å². The van der Waals surface area contributed by atoms with Crippen LogP contribution in [0.1, 0.15) is 92.4 Å². The van der Waals surface area contributed by atoms with Crippen LogP contribution in [-0.4, -0.2) is 10.2 Å². The molecule has 4 aromatic carbocycles. The molecule has 0 amide bonds. The van der Waals surface area contributed by atoms with E-state index < -0.39 is 71.3 Å². The minimum Gasteiger partial charge on any atom is -0.507 e. The van der Waals surface area contributed by atoms with Crippen LogP contribution in [0.15, 0.2) is 48.5 Å². The van der Waals surface area contributed by atoms with Crippen LogP contribution in [0.5, 0.6) is 11.5 Å². The molecule has 0 heterocycles. The van der Waals surface area contributed by atoms with Gasteiger partial charge in [-0.3, -0.25) is 0 Å². The molecule has 0 aliphatic heterocycles. The minimum absolute atomic E-state index is 0.000466. The summed E-state index contributed by atoms with van der Waals surface area (Å²) in [6.07, 6.45) is -17.2. The number of aryl methyl sites for hydroxylation is 2. The number of alkyl halides is 12. The molecule has 0 saturated carbocycles. The third-order valence-corrected chi connectivity index (χ3v) is 9.74. The molecule has 4 aromatic rings. The van der Waals surface area contributed by atoms with E-state index in [0.717, 1.165) is 0 Å². The lowest BCUT2D eigenvalue weighted by molar-refractivity contribution is -0.144. The number of benzene rings is 4. The van der Waals surface area contributed by atoms with Crippen molar-refractivity contribution in [2.75, 3.05) is 0 Å². The molecule has 0 unspecified atom stereocenters. The molecule has 0 fully saturated rings. The van der Waals surface area contributed by atoms with Gasteiger partial charge < -0.3 is 10.2 Å². The van der Waals surface area contributed by atoms with Crippen molar-refractivity contribution < 1.29 is 62.9 Å². The Hall–Kier alpha value is -4.36. The standard InChI is InChI=1S/C38H30F12O2/c39-35(40,41)25-11-19(12-26(17-25)36(42,43)44)9-23-15-21-5-1-3-7-29(21)31(33(23)51)32-30-8-4-2-6-22(30)16-24(34(32)52)10-20-13-27(37(45,46)47)18-28(14-20)38(48,49)50/h11-18,51-52H,1-10H2. The first kappa shape index (κ1) is 37.4. The number of hydrogen-bond acceptors (Lipinski definition) is 2. The maximum absolute atomic E-state index is 13.7. The van der Waals surface area contributed by atoms with Gasteiger partial charge in [-0.1, -0.05) is 12.1 Å². The molecule has 278 valence electrons. The number of rotatable bonds is 5. The van der Waals surface area contributed by atoms with E-state index in [1.807, 2.05) is 0 Å². The number of hydrogen-bond donors (Lipinski definition) is 2. The second kappa shape index (κ2) is 13.2. The van der Waals surface area contributed by atoms with Gasteiger partial charge in [0.2, 0.25) is 0 Å². The van der Waals surface area contributed by atoms with E-state index in [4.69, 9.17) is 0 Å². The summed E-state index contributed by atoms with van der Waals surface area (Å²) >= 11 is 0. The molecule has 2 aliphatic carbocycles. The van der Waals surface area contributed by atoms with E-state index in [-0.39, 0.29) is 45.5 Å². The van der Waals surface area contributed by atoms with Crippen molar-refractivity contribution in [1.29, 1.82) is 0 Å². The first-order valence-corrected chi connectivity index (χ1v) is 16.4. The summed E-state index contributed by atoms with van der Waals surface area (Å²) in [6.45, 7) is 0. The zero-order valence-electron chi connectivity index (χ0n) is 27.1. The molecule has 6 rings (SSSR count). The highest BCUT2D eigenvalue weighted by Crippen LogP contribution is 2.50. The Bertz CT molecular complexity index is 1810. The van der Waals surface area contributed by atoms with Crippen LogP contribution in [0.25, 0.3) is 11.1 Å². The van der Waals surface area contributed by atoms with Crippen LogP contribution < -0.4 is 0 Å². The van der Waals surface area contributed by atoms with Gasteiger partial charge in [0, 0.05) is 24.0 Å². The Morgan fingerprint density at radius 2 is 0.692 bits per heavy atom. The average Bonchev–Trinajstić information content (AvgIpc) is 3.04.